The van der Waals surface area contributed by atoms with Crippen LogP contribution >= 0.6 is 0 Å². The van der Waals surface area contributed by atoms with Crippen LogP contribution in [0.1, 0.15) is 17.5 Å². The highest BCUT2D eigenvalue weighted by atomic mass is 16.5. The zero-order chi connectivity index (χ0) is 14.3. The summed E-state index contributed by atoms with van der Waals surface area (Å²) in [5.41, 5.74) is 2.46. The minimum absolute atomic E-state index is 0.499. The maximum atomic E-state index is 5.78. The summed E-state index contributed by atoms with van der Waals surface area (Å²) in [6, 6.07) is 19.0. The van der Waals surface area contributed by atoms with Gasteiger partial charge in [-0.15, -0.1) is 0 Å². The second-order valence-electron chi connectivity index (χ2n) is 5.36. The lowest BCUT2D eigenvalue weighted by atomic mass is 10.2. The molecule has 21 heavy (non-hydrogen) atoms. The molecule has 0 amide bonds. The quantitative estimate of drug-likeness (QED) is 0.883. The molecule has 2 aromatic rings. The SMILES string of the molecule is c1ccc(COc2ccc(CNC3CCOC3)cc2)cc1. The Kier molecular flexibility index (Phi) is 4.87. The Labute approximate surface area is 125 Å². The van der Waals surface area contributed by atoms with Gasteiger partial charge in [0.15, 0.2) is 0 Å². The van der Waals surface area contributed by atoms with E-state index in [1.165, 1.54) is 11.1 Å². The maximum Gasteiger partial charge on any atom is 0.119 e. The summed E-state index contributed by atoms with van der Waals surface area (Å²) >= 11 is 0. The van der Waals surface area contributed by atoms with E-state index in [0.717, 1.165) is 31.9 Å². The van der Waals surface area contributed by atoms with Crippen molar-refractivity contribution in [2.24, 2.45) is 0 Å². The summed E-state index contributed by atoms with van der Waals surface area (Å²) in [6.07, 6.45) is 1.11. The fraction of sp³-hybridized carbons (Fsp3) is 0.333. The van der Waals surface area contributed by atoms with Crippen molar-refractivity contribution in [3.8, 4) is 5.75 Å². The predicted molar refractivity (Wildman–Crippen MR) is 83.3 cm³/mol. The number of benzene rings is 2. The van der Waals surface area contributed by atoms with Crippen molar-refractivity contribution in [1.82, 2.24) is 5.32 Å². The molecule has 0 spiro atoms. The number of ether oxygens (including phenoxy) is 2. The first-order valence-corrected chi connectivity index (χ1v) is 7.47. The van der Waals surface area contributed by atoms with Crippen molar-refractivity contribution in [3.63, 3.8) is 0 Å². The van der Waals surface area contributed by atoms with Gasteiger partial charge in [0.05, 0.1) is 6.61 Å². The topological polar surface area (TPSA) is 30.5 Å². The van der Waals surface area contributed by atoms with E-state index in [4.69, 9.17) is 9.47 Å². The molecule has 1 saturated heterocycles. The van der Waals surface area contributed by atoms with E-state index < -0.39 is 0 Å². The van der Waals surface area contributed by atoms with Crippen molar-refractivity contribution in [1.29, 1.82) is 0 Å². The molecule has 1 unspecified atom stereocenters. The van der Waals surface area contributed by atoms with Crippen LogP contribution in [0.25, 0.3) is 0 Å². The second-order valence-corrected chi connectivity index (χ2v) is 5.36. The fourth-order valence-corrected chi connectivity index (χ4v) is 2.40. The monoisotopic (exact) mass is 283 g/mol. The van der Waals surface area contributed by atoms with Crippen LogP contribution in [0.4, 0.5) is 0 Å². The van der Waals surface area contributed by atoms with Crippen molar-refractivity contribution in [3.05, 3.63) is 65.7 Å². The third kappa shape index (κ3) is 4.31. The van der Waals surface area contributed by atoms with E-state index in [2.05, 4.69) is 29.6 Å². The second kappa shape index (κ2) is 7.25. The molecule has 3 nitrogen and oxygen atoms in total. The van der Waals surface area contributed by atoms with Gasteiger partial charge in [-0.3, -0.25) is 0 Å². The van der Waals surface area contributed by atoms with Crippen LogP contribution in [-0.4, -0.2) is 19.3 Å². The van der Waals surface area contributed by atoms with Crippen LogP contribution in [0.15, 0.2) is 54.6 Å². The minimum atomic E-state index is 0.499. The average molecular weight is 283 g/mol. The number of rotatable bonds is 6. The van der Waals surface area contributed by atoms with E-state index in [9.17, 15) is 0 Å². The first-order chi connectivity index (χ1) is 10.4. The van der Waals surface area contributed by atoms with E-state index >= 15 is 0 Å². The highest BCUT2D eigenvalue weighted by Gasteiger charge is 2.14. The largest absolute Gasteiger partial charge is 0.489 e. The molecule has 1 atom stereocenters. The lowest BCUT2D eigenvalue weighted by molar-refractivity contribution is 0.190. The van der Waals surface area contributed by atoms with Gasteiger partial charge in [-0.05, 0) is 29.7 Å². The molecule has 0 aromatic heterocycles. The number of hydrogen-bond donors (Lipinski definition) is 1. The molecule has 0 bridgehead atoms. The predicted octanol–water partition coefficient (Wildman–Crippen LogP) is 3.14. The standard InChI is InChI=1S/C18H21NO2/c1-2-4-16(5-3-1)13-21-18-8-6-15(7-9-18)12-19-17-10-11-20-14-17/h1-9,17,19H,10-14H2. The highest BCUT2D eigenvalue weighted by molar-refractivity contribution is 5.27. The van der Waals surface area contributed by atoms with Gasteiger partial charge in [0.1, 0.15) is 12.4 Å². The van der Waals surface area contributed by atoms with Crippen LogP contribution in [-0.2, 0) is 17.9 Å². The van der Waals surface area contributed by atoms with Gasteiger partial charge in [-0.25, -0.2) is 0 Å². The van der Waals surface area contributed by atoms with Gasteiger partial charge in [0.25, 0.3) is 0 Å². The van der Waals surface area contributed by atoms with Crippen LogP contribution in [0.3, 0.4) is 0 Å². The molecule has 0 radical (unpaired) electrons. The van der Waals surface area contributed by atoms with Crippen molar-refractivity contribution >= 4 is 0 Å². The summed E-state index contributed by atoms with van der Waals surface area (Å²) in [4.78, 5) is 0. The molecule has 1 aliphatic rings. The molecule has 1 fully saturated rings. The van der Waals surface area contributed by atoms with Gasteiger partial charge < -0.3 is 14.8 Å². The van der Waals surface area contributed by atoms with Gasteiger partial charge in [0, 0.05) is 19.2 Å². The minimum Gasteiger partial charge on any atom is -0.489 e. The smallest absolute Gasteiger partial charge is 0.119 e. The van der Waals surface area contributed by atoms with E-state index in [1.54, 1.807) is 0 Å². The molecule has 1 aliphatic heterocycles. The normalized spacial score (nSPS) is 17.8. The van der Waals surface area contributed by atoms with Gasteiger partial charge >= 0.3 is 0 Å². The summed E-state index contributed by atoms with van der Waals surface area (Å²) in [5.74, 6) is 0.909. The van der Waals surface area contributed by atoms with Crippen molar-refractivity contribution in [2.75, 3.05) is 13.2 Å². The van der Waals surface area contributed by atoms with E-state index in [1.807, 2.05) is 30.3 Å². The van der Waals surface area contributed by atoms with Crippen LogP contribution in [0.5, 0.6) is 5.75 Å². The molecule has 1 heterocycles. The zero-order valence-electron chi connectivity index (χ0n) is 12.1. The molecular formula is C18H21NO2. The summed E-state index contributed by atoms with van der Waals surface area (Å²) in [6.45, 7) is 3.20. The Bertz CT molecular complexity index is 533. The molecule has 3 heteroatoms. The maximum absolute atomic E-state index is 5.78. The van der Waals surface area contributed by atoms with Crippen molar-refractivity contribution in [2.45, 2.75) is 25.6 Å². The molecule has 2 aromatic carbocycles. The first kappa shape index (κ1) is 14.1. The van der Waals surface area contributed by atoms with E-state index in [0.29, 0.717) is 12.6 Å². The third-order valence-electron chi connectivity index (χ3n) is 3.70. The lowest BCUT2D eigenvalue weighted by Crippen LogP contribution is -2.28. The molecular weight excluding hydrogens is 262 g/mol. The zero-order valence-corrected chi connectivity index (χ0v) is 12.1. The van der Waals surface area contributed by atoms with E-state index in [-0.39, 0.29) is 0 Å². The van der Waals surface area contributed by atoms with Gasteiger partial charge in [-0.2, -0.15) is 0 Å². The summed E-state index contributed by atoms with van der Waals surface area (Å²) in [7, 11) is 0. The number of hydrogen-bond acceptors (Lipinski definition) is 3. The lowest BCUT2D eigenvalue weighted by Gasteiger charge is -2.11. The van der Waals surface area contributed by atoms with Gasteiger partial charge in [0.2, 0.25) is 0 Å². The molecule has 110 valence electrons. The van der Waals surface area contributed by atoms with Crippen LogP contribution in [0.2, 0.25) is 0 Å². The third-order valence-corrected chi connectivity index (χ3v) is 3.70. The van der Waals surface area contributed by atoms with Crippen molar-refractivity contribution < 1.29 is 9.47 Å². The Morgan fingerprint density at radius 3 is 2.52 bits per heavy atom. The average Bonchev–Trinajstić information content (AvgIpc) is 3.06. The summed E-state index contributed by atoms with van der Waals surface area (Å²) < 4.78 is 11.1. The molecule has 0 saturated carbocycles. The summed E-state index contributed by atoms with van der Waals surface area (Å²) in [5, 5.41) is 3.51. The fourth-order valence-electron chi connectivity index (χ4n) is 2.40. The van der Waals surface area contributed by atoms with Gasteiger partial charge in [-0.1, -0.05) is 42.5 Å². The molecule has 3 rings (SSSR count). The molecule has 1 N–H and O–H groups in total. The number of nitrogens with one attached hydrogen (secondary N) is 1. The highest BCUT2D eigenvalue weighted by Crippen LogP contribution is 2.14. The first-order valence-electron chi connectivity index (χ1n) is 7.47. The Morgan fingerprint density at radius 1 is 1.00 bits per heavy atom. The Hall–Kier alpha value is -1.84. The van der Waals surface area contributed by atoms with Crippen LogP contribution in [0, 0.1) is 0 Å². The Morgan fingerprint density at radius 2 is 1.81 bits per heavy atom. The van der Waals surface area contributed by atoms with Crippen LogP contribution < -0.4 is 10.1 Å². The Balaban J connectivity index is 1.47. The molecule has 0 aliphatic carbocycles.